The molecule has 3 N–H and O–H groups in total. The average Bonchev–Trinajstić information content (AvgIpc) is 2.70. The summed E-state index contributed by atoms with van der Waals surface area (Å²) in [6, 6.07) is 8.21. The molecular weight excluding hydrogens is 338 g/mol. The van der Waals surface area contributed by atoms with E-state index in [0.717, 1.165) is 17.7 Å². The molecule has 0 spiro atoms. The minimum absolute atomic E-state index is 0.0699. The van der Waals surface area contributed by atoms with Gasteiger partial charge in [-0.05, 0) is 30.3 Å². The lowest BCUT2D eigenvalue weighted by Gasteiger charge is -2.19. The minimum Gasteiger partial charge on any atom is -0.454 e. The smallest absolute Gasteiger partial charge is 0.168 e. The molecule has 134 valence electrons. The molecule has 1 aliphatic heterocycles. The van der Waals surface area contributed by atoms with Crippen LogP contribution in [0.5, 0.6) is 11.5 Å². The van der Waals surface area contributed by atoms with E-state index in [2.05, 4.69) is 10.3 Å². The number of hydrogen-bond donors (Lipinski definition) is 2. The summed E-state index contributed by atoms with van der Waals surface area (Å²) >= 11 is 0. The Labute approximate surface area is 150 Å². The second-order valence-electron chi connectivity index (χ2n) is 5.76. The Kier molecular flexibility index (Phi) is 5.17. The number of anilines is 1. The third kappa shape index (κ3) is 4.18. The van der Waals surface area contributed by atoms with Gasteiger partial charge in [0.05, 0.1) is 6.34 Å². The fourth-order valence-corrected chi connectivity index (χ4v) is 2.46. The summed E-state index contributed by atoms with van der Waals surface area (Å²) in [5, 5.41) is 2.91. The highest BCUT2D eigenvalue weighted by Gasteiger charge is 2.14. The van der Waals surface area contributed by atoms with Gasteiger partial charge < -0.3 is 20.7 Å². The Morgan fingerprint density at radius 3 is 2.77 bits per heavy atom. The first-order chi connectivity index (χ1) is 12.5. The summed E-state index contributed by atoms with van der Waals surface area (Å²) in [7, 11) is 1.91. The van der Waals surface area contributed by atoms with Crippen molar-refractivity contribution in [1.82, 2.24) is 10.2 Å². The number of rotatable bonds is 3. The van der Waals surface area contributed by atoms with Gasteiger partial charge in [-0.3, -0.25) is 0 Å². The van der Waals surface area contributed by atoms with E-state index in [1.54, 1.807) is 36.9 Å². The first-order valence-electron chi connectivity index (χ1n) is 7.89. The fourth-order valence-electron chi connectivity index (χ4n) is 2.46. The Morgan fingerprint density at radius 1 is 1.15 bits per heavy atom. The molecule has 2 aromatic carbocycles. The highest BCUT2D eigenvalue weighted by molar-refractivity contribution is 5.75. The number of aliphatic imine (C=N–C) groups is 1. The van der Waals surface area contributed by atoms with Crippen LogP contribution in [-0.2, 0) is 0 Å². The van der Waals surface area contributed by atoms with Crippen LogP contribution in [0, 0.1) is 11.6 Å². The van der Waals surface area contributed by atoms with Crippen molar-refractivity contribution >= 4 is 17.6 Å². The molecule has 2 aromatic rings. The normalized spacial score (nSPS) is 17.3. The first-order valence-corrected chi connectivity index (χ1v) is 7.89. The van der Waals surface area contributed by atoms with E-state index >= 15 is 0 Å². The zero-order valence-corrected chi connectivity index (χ0v) is 14.1. The van der Waals surface area contributed by atoms with Crippen LogP contribution in [0.2, 0.25) is 0 Å². The molecule has 0 fully saturated rings. The van der Waals surface area contributed by atoms with Gasteiger partial charge in [-0.25, -0.2) is 13.8 Å². The van der Waals surface area contributed by atoms with Gasteiger partial charge in [0.25, 0.3) is 0 Å². The van der Waals surface area contributed by atoms with Gasteiger partial charge in [0.15, 0.2) is 11.6 Å². The Hall–Kier alpha value is -3.35. The maximum absolute atomic E-state index is 14.0. The van der Waals surface area contributed by atoms with Crippen LogP contribution in [0.1, 0.15) is 5.56 Å². The molecule has 0 atom stereocenters. The molecule has 0 saturated heterocycles. The van der Waals surface area contributed by atoms with Crippen molar-refractivity contribution in [2.24, 2.45) is 4.99 Å². The van der Waals surface area contributed by atoms with Crippen LogP contribution in [0.3, 0.4) is 0 Å². The third-order valence-electron chi connectivity index (χ3n) is 3.69. The molecule has 0 aromatic heterocycles. The topological polar surface area (TPSA) is 62.9 Å². The predicted molar refractivity (Wildman–Crippen MR) is 98.7 cm³/mol. The largest absolute Gasteiger partial charge is 0.454 e. The monoisotopic (exact) mass is 356 g/mol. The summed E-state index contributed by atoms with van der Waals surface area (Å²) in [4.78, 5) is 6.14. The summed E-state index contributed by atoms with van der Waals surface area (Å²) in [5.74, 6) is -1.12. The van der Waals surface area contributed by atoms with Crippen molar-refractivity contribution < 1.29 is 13.5 Å². The zero-order chi connectivity index (χ0) is 18.5. The molecule has 0 unspecified atom stereocenters. The predicted octanol–water partition coefficient (Wildman–Crippen LogP) is 3.71. The van der Waals surface area contributed by atoms with Crippen molar-refractivity contribution in [3.8, 4) is 11.5 Å². The van der Waals surface area contributed by atoms with E-state index in [4.69, 9.17) is 10.5 Å². The molecule has 0 amide bonds. The lowest BCUT2D eigenvalue weighted by Crippen LogP contribution is -2.15. The number of benzene rings is 2. The van der Waals surface area contributed by atoms with Gasteiger partial charge in [-0.2, -0.15) is 0 Å². The standard InChI is InChI=1S/C19H18F2N4O/c1-25-7-6-23-12-24-10-13(11-25)16-9-15(22)3-5-18(16)26-19-4-2-14(20)8-17(19)21/h2-10,12H,11,22H2,1H3,(H,23,24)/b7-6-,13-10-. The number of halogens is 2. The molecule has 7 heteroatoms. The number of nitrogens with one attached hydrogen (secondary N) is 1. The van der Waals surface area contributed by atoms with E-state index in [1.807, 2.05) is 18.1 Å². The molecular formula is C19H18F2N4O. The lowest BCUT2D eigenvalue weighted by molar-refractivity contribution is 0.436. The maximum Gasteiger partial charge on any atom is 0.168 e. The van der Waals surface area contributed by atoms with Crippen molar-refractivity contribution in [3.63, 3.8) is 0 Å². The Bertz CT molecular complexity index is 893. The molecule has 26 heavy (non-hydrogen) atoms. The Balaban J connectivity index is 2.01. The van der Waals surface area contributed by atoms with Crippen LogP contribution in [0.15, 0.2) is 60.0 Å². The maximum atomic E-state index is 14.0. The van der Waals surface area contributed by atoms with Crippen molar-refractivity contribution in [2.45, 2.75) is 0 Å². The summed E-state index contributed by atoms with van der Waals surface area (Å²) < 4.78 is 32.8. The van der Waals surface area contributed by atoms with Gasteiger partial charge in [-0.1, -0.05) is 0 Å². The van der Waals surface area contributed by atoms with Crippen molar-refractivity contribution in [3.05, 3.63) is 72.2 Å². The molecule has 0 aliphatic carbocycles. The van der Waals surface area contributed by atoms with E-state index in [9.17, 15) is 8.78 Å². The number of likely N-dealkylation sites (N-methyl/N-ethyl adjacent to an activating group) is 1. The van der Waals surface area contributed by atoms with E-state index in [0.29, 0.717) is 23.5 Å². The van der Waals surface area contributed by atoms with Crippen LogP contribution in [0.4, 0.5) is 14.5 Å². The molecule has 5 nitrogen and oxygen atoms in total. The molecule has 0 saturated carbocycles. The van der Waals surface area contributed by atoms with Crippen LogP contribution in [-0.4, -0.2) is 24.8 Å². The molecule has 1 aliphatic rings. The van der Waals surface area contributed by atoms with Crippen molar-refractivity contribution in [2.75, 3.05) is 19.3 Å². The fraction of sp³-hybridized carbons (Fsp3) is 0.105. The van der Waals surface area contributed by atoms with Gasteiger partial charge in [0.2, 0.25) is 0 Å². The number of nitrogens with two attached hydrogens (primary N) is 1. The Morgan fingerprint density at radius 2 is 1.96 bits per heavy atom. The SMILES string of the molecule is CN1/C=C\NC=N/C=C(\c2cc(N)ccc2Oc2ccc(F)cc2F)C1. The third-order valence-corrected chi connectivity index (χ3v) is 3.69. The quantitative estimate of drug-likeness (QED) is 0.823. The molecule has 3 rings (SSSR count). The number of nitrogens with zero attached hydrogens (tertiary/aromatic N) is 2. The highest BCUT2D eigenvalue weighted by Crippen LogP contribution is 2.33. The van der Waals surface area contributed by atoms with Crippen LogP contribution >= 0.6 is 0 Å². The van der Waals surface area contributed by atoms with E-state index in [1.165, 1.54) is 6.07 Å². The number of nitrogen functional groups attached to an aromatic ring is 1. The second kappa shape index (κ2) is 7.69. The van der Waals surface area contributed by atoms with Crippen LogP contribution in [0.25, 0.3) is 5.57 Å². The molecule has 0 radical (unpaired) electrons. The minimum atomic E-state index is -0.779. The van der Waals surface area contributed by atoms with Crippen LogP contribution < -0.4 is 15.8 Å². The average molecular weight is 356 g/mol. The number of hydrogen-bond acceptors (Lipinski definition) is 5. The first kappa shape index (κ1) is 17.5. The molecule has 1 heterocycles. The van der Waals surface area contributed by atoms with Gasteiger partial charge >= 0.3 is 0 Å². The van der Waals surface area contributed by atoms with Gasteiger partial charge in [0.1, 0.15) is 11.6 Å². The summed E-state index contributed by atoms with van der Waals surface area (Å²) in [5.41, 5.74) is 7.96. The summed E-state index contributed by atoms with van der Waals surface area (Å²) in [6.45, 7) is 0.529. The molecule has 0 bridgehead atoms. The lowest BCUT2D eigenvalue weighted by atomic mass is 10.0. The van der Waals surface area contributed by atoms with Gasteiger partial charge in [0, 0.05) is 55.1 Å². The van der Waals surface area contributed by atoms with Gasteiger partial charge in [-0.15, -0.1) is 0 Å². The van der Waals surface area contributed by atoms with E-state index < -0.39 is 11.6 Å². The van der Waals surface area contributed by atoms with E-state index in [-0.39, 0.29) is 5.75 Å². The summed E-state index contributed by atoms with van der Waals surface area (Å²) in [6.07, 6.45) is 6.84. The zero-order valence-electron chi connectivity index (χ0n) is 14.1. The van der Waals surface area contributed by atoms with Crippen molar-refractivity contribution in [1.29, 1.82) is 0 Å². The highest BCUT2D eigenvalue weighted by atomic mass is 19.1. The number of ether oxygens (including phenoxy) is 1. The second-order valence-corrected chi connectivity index (χ2v) is 5.76.